The fourth-order valence-corrected chi connectivity index (χ4v) is 10.8. The number of aromatic nitrogens is 2. The van der Waals surface area contributed by atoms with E-state index in [2.05, 4.69) is 178 Å². The van der Waals surface area contributed by atoms with Crippen molar-refractivity contribution < 1.29 is 0 Å². The monoisotopic (exact) mass is 702 g/mol. The number of imidazole rings is 1. The Morgan fingerprint density at radius 3 is 1.78 bits per heavy atom. The van der Waals surface area contributed by atoms with Crippen LogP contribution in [-0.4, -0.2) is 15.7 Å². The number of benzene rings is 8. The number of hydrogen-bond donors (Lipinski definition) is 0. The molecule has 2 nitrogen and oxygen atoms in total. The SMILES string of the molecule is Cc1cc2c(cc1C)-c1cc(-c3c(C)cccc3C)cc3c1B2c1c2cc4ccccc4cc2n2c4c(-c5c(C)cccc5C)c5ccccc5cc4n-3c12. The van der Waals surface area contributed by atoms with Gasteiger partial charge >= 0.3 is 0 Å². The third-order valence-corrected chi connectivity index (χ3v) is 13.3. The highest BCUT2D eigenvalue weighted by Crippen LogP contribution is 2.46. The van der Waals surface area contributed by atoms with Crippen LogP contribution in [0.3, 0.4) is 0 Å². The van der Waals surface area contributed by atoms with Crippen molar-refractivity contribution in [1.29, 1.82) is 0 Å². The summed E-state index contributed by atoms with van der Waals surface area (Å²) < 4.78 is 5.32. The van der Waals surface area contributed by atoms with Crippen molar-refractivity contribution >= 4 is 72.2 Å². The first kappa shape index (κ1) is 31.1. The molecule has 0 fully saturated rings. The van der Waals surface area contributed by atoms with Gasteiger partial charge in [-0.1, -0.05) is 103 Å². The van der Waals surface area contributed by atoms with E-state index in [1.165, 1.54) is 138 Å². The van der Waals surface area contributed by atoms with Gasteiger partial charge in [0, 0.05) is 11.3 Å². The van der Waals surface area contributed by atoms with E-state index in [1.54, 1.807) is 0 Å². The number of rotatable bonds is 2. The number of fused-ring (bicyclic) bond motifs is 13. The van der Waals surface area contributed by atoms with Gasteiger partial charge < -0.3 is 0 Å². The zero-order chi connectivity index (χ0) is 37.0. The second-order valence-corrected chi connectivity index (χ2v) is 16.4. The summed E-state index contributed by atoms with van der Waals surface area (Å²) in [4.78, 5) is 0. The van der Waals surface area contributed by atoms with Crippen molar-refractivity contribution in [1.82, 2.24) is 8.97 Å². The smallest absolute Gasteiger partial charge is 0.251 e. The van der Waals surface area contributed by atoms with Crippen LogP contribution in [-0.2, 0) is 0 Å². The Morgan fingerprint density at radius 1 is 0.436 bits per heavy atom. The van der Waals surface area contributed by atoms with Crippen molar-refractivity contribution in [2.75, 3.05) is 0 Å². The lowest BCUT2D eigenvalue weighted by atomic mass is 9.37. The molecule has 0 unspecified atom stereocenters. The molecule has 3 heteroatoms. The molecule has 0 aliphatic carbocycles. The van der Waals surface area contributed by atoms with Crippen LogP contribution in [0.4, 0.5) is 0 Å². The quantitative estimate of drug-likeness (QED) is 0.159. The van der Waals surface area contributed by atoms with Crippen LogP contribution in [0, 0.1) is 41.5 Å². The van der Waals surface area contributed by atoms with Gasteiger partial charge in [-0.05, 0) is 171 Å². The van der Waals surface area contributed by atoms with Crippen molar-refractivity contribution in [2.45, 2.75) is 41.5 Å². The molecule has 4 heterocycles. The van der Waals surface area contributed by atoms with Crippen molar-refractivity contribution in [2.24, 2.45) is 0 Å². The largest absolute Gasteiger partial charge is 0.295 e. The van der Waals surface area contributed by atoms with E-state index in [1.807, 2.05) is 0 Å². The maximum Gasteiger partial charge on any atom is 0.251 e. The zero-order valence-electron chi connectivity index (χ0n) is 32.1. The van der Waals surface area contributed by atoms with E-state index in [0.29, 0.717) is 0 Å². The summed E-state index contributed by atoms with van der Waals surface area (Å²) >= 11 is 0. The second kappa shape index (κ2) is 10.7. The Morgan fingerprint density at radius 2 is 1.05 bits per heavy atom. The number of hydrogen-bond acceptors (Lipinski definition) is 0. The molecule has 0 atom stereocenters. The molecule has 0 bridgehead atoms. The van der Waals surface area contributed by atoms with Gasteiger partial charge in [0.2, 0.25) is 0 Å². The second-order valence-electron chi connectivity index (χ2n) is 16.4. The summed E-state index contributed by atoms with van der Waals surface area (Å²) in [6.45, 7) is 13.8. The molecule has 12 rings (SSSR count). The van der Waals surface area contributed by atoms with Gasteiger partial charge in [-0.2, -0.15) is 0 Å². The lowest BCUT2D eigenvalue weighted by Gasteiger charge is -2.24. The maximum atomic E-state index is 2.66. The normalized spacial score (nSPS) is 12.9. The first-order valence-electron chi connectivity index (χ1n) is 19.6. The van der Waals surface area contributed by atoms with E-state index in [0.717, 1.165) is 0 Å². The molecule has 0 amide bonds. The highest BCUT2D eigenvalue weighted by atomic mass is 15.1. The van der Waals surface area contributed by atoms with Gasteiger partial charge in [0.15, 0.2) is 0 Å². The summed E-state index contributed by atoms with van der Waals surface area (Å²) in [5, 5.41) is 6.45. The average molecular weight is 703 g/mol. The highest BCUT2D eigenvalue weighted by Gasteiger charge is 2.44. The standard InChI is InChI=1S/C52H39BN2/c1-28-13-11-14-29(2)46(28)37-24-40-39-21-32(5)33(6)22-42(39)53-49(40)44(27-37)54-45-26-36-19-9-10-20-38(36)48(47-30(3)15-12-16-31(47)4)51(45)55-43-25-35-18-8-7-17-34(35)23-41(43)50(53)52(54)55/h7-27H,1-6H3. The van der Waals surface area contributed by atoms with Crippen LogP contribution >= 0.6 is 0 Å². The third kappa shape index (κ3) is 3.90. The van der Waals surface area contributed by atoms with E-state index >= 15 is 0 Å². The maximum absolute atomic E-state index is 2.66. The summed E-state index contributed by atoms with van der Waals surface area (Å²) in [5.41, 5.74) is 26.6. The van der Waals surface area contributed by atoms with E-state index < -0.39 is 0 Å². The molecule has 2 aromatic heterocycles. The van der Waals surface area contributed by atoms with Crippen LogP contribution in [0.25, 0.3) is 88.2 Å². The van der Waals surface area contributed by atoms with Gasteiger partial charge in [0.05, 0.1) is 16.6 Å². The molecule has 0 radical (unpaired) electrons. The fraction of sp³-hybridized carbons (Fsp3) is 0.115. The predicted octanol–water partition coefficient (Wildman–Crippen LogP) is 11.3. The minimum Gasteiger partial charge on any atom is -0.295 e. The number of nitrogens with zero attached hydrogens (tertiary/aromatic N) is 2. The third-order valence-electron chi connectivity index (χ3n) is 13.3. The highest BCUT2D eigenvalue weighted by molar-refractivity contribution is 7.02. The number of aryl methyl sites for hydroxylation is 6. The van der Waals surface area contributed by atoms with Gasteiger partial charge in [-0.25, -0.2) is 0 Å². The van der Waals surface area contributed by atoms with Gasteiger partial charge in [0.1, 0.15) is 5.65 Å². The van der Waals surface area contributed by atoms with E-state index in [-0.39, 0.29) is 6.71 Å². The molecular weight excluding hydrogens is 663 g/mol. The van der Waals surface area contributed by atoms with Crippen molar-refractivity contribution in [3.63, 3.8) is 0 Å². The Balaban J connectivity index is 1.38. The molecule has 0 N–H and O–H groups in total. The molecule has 2 aliphatic heterocycles. The Bertz CT molecular complexity index is 3350. The predicted molar refractivity (Wildman–Crippen MR) is 236 cm³/mol. The Kier molecular flexibility index (Phi) is 6.03. The Hall–Kier alpha value is -6.32. The van der Waals surface area contributed by atoms with Crippen LogP contribution in [0.5, 0.6) is 0 Å². The topological polar surface area (TPSA) is 9.34 Å². The minimum absolute atomic E-state index is 0.120. The van der Waals surface area contributed by atoms with Crippen LogP contribution in [0.1, 0.15) is 33.4 Å². The van der Waals surface area contributed by atoms with E-state index in [9.17, 15) is 0 Å². The van der Waals surface area contributed by atoms with E-state index in [4.69, 9.17) is 0 Å². The molecule has 260 valence electrons. The molecule has 10 aromatic rings. The molecular formula is C52H39BN2. The van der Waals surface area contributed by atoms with Crippen LogP contribution in [0.15, 0.2) is 127 Å². The first-order chi connectivity index (χ1) is 26.8. The average Bonchev–Trinajstić information content (AvgIpc) is 3.79. The molecule has 2 aliphatic rings. The van der Waals surface area contributed by atoms with Gasteiger partial charge in [0.25, 0.3) is 6.71 Å². The van der Waals surface area contributed by atoms with Crippen LogP contribution in [0.2, 0.25) is 0 Å². The summed E-state index contributed by atoms with van der Waals surface area (Å²) in [7, 11) is 0. The van der Waals surface area contributed by atoms with Crippen molar-refractivity contribution in [3.05, 3.63) is 161 Å². The summed E-state index contributed by atoms with van der Waals surface area (Å²) in [6, 6.07) is 48.8. The fourth-order valence-electron chi connectivity index (χ4n) is 10.8. The van der Waals surface area contributed by atoms with Gasteiger partial charge in [-0.15, -0.1) is 0 Å². The van der Waals surface area contributed by atoms with Gasteiger partial charge in [-0.3, -0.25) is 8.97 Å². The lowest BCUT2D eigenvalue weighted by molar-refractivity contribution is 1.16. The molecule has 0 saturated heterocycles. The summed E-state index contributed by atoms with van der Waals surface area (Å²) in [5.74, 6) is 0. The minimum atomic E-state index is 0.120. The molecule has 55 heavy (non-hydrogen) atoms. The van der Waals surface area contributed by atoms with Crippen LogP contribution < -0.4 is 16.4 Å². The zero-order valence-corrected chi connectivity index (χ0v) is 32.1. The van der Waals surface area contributed by atoms with Crippen molar-refractivity contribution in [3.8, 4) is 39.1 Å². The Labute approximate surface area is 321 Å². The molecule has 8 aromatic carbocycles. The first-order valence-corrected chi connectivity index (χ1v) is 19.6. The molecule has 0 spiro atoms. The summed E-state index contributed by atoms with van der Waals surface area (Å²) in [6.07, 6.45) is 0. The molecule has 0 saturated carbocycles. The lowest BCUT2D eigenvalue weighted by Crippen LogP contribution is -2.53.